The molecule has 0 spiro atoms. The monoisotopic (exact) mass is 476 g/mol. The Morgan fingerprint density at radius 1 is 1.27 bits per heavy atom. The van der Waals surface area contributed by atoms with E-state index in [0.29, 0.717) is 0 Å². The van der Waals surface area contributed by atoms with E-state index in [1.54, 1.807) is 0 Å². The van der Waals surface area contributed by atoms with E-state index in [0.717, 1.165) is 26.2 Å². The lowest BCUT2D eigenvalue weighted by atomic mass is 9.77. The van der Waals surface area contributed by atoms with E-state index >= 15 is 0 Å². The van der Waals surface area contributed by atoms with Crippen LogP contribution in [-0.2, 0) is 14.3 Å². The van der Waals surface area contributed by atoms with E-state index in [9.17, 15) is 31.5 Å². The first kappa shape index (κ1) is 24.6. The summed E-state index contributed by atoms with van der Waals surface area (Å²) in [6, 6.07) is 0.996. The van der Waals surface area contributed by atoms with Gasteiger partial charge in [0.05, 0.1) is 13.3 Å². The minimum Gasteiger partial charge on any atom is -0.493 e. The number of nitrogens with two attached hydrogens (primary N) is 2. The van der Waals surface area contributed by atoms with Gasteiger partial charge >= 0.3 is 6.18 Å². The number of primary amides is 1. The van der Waals surface area contributed by atoms with Crippen LogP contribution in [0.5, 0.6) is 5.75 Å². The van der Waals surface area contributed by atoms with Crippen LogP contribution in [-0.4, -0.2) is 42.8 Å². The Labute approximate surface area is 185 Å². The van der Waals surface area contributed by atoms with Crippen molar-refractivity contribution in [3.63, 3.8) is 0 Å². The molecule has 2 unspecified atom stereocenters. The maximum atomic E-state index is 14.4. The molecule has 1 fully saturated rings. The largest absolute Gasteiger partial charge is 0.493 e. The minimum atomic E-state index is -4.87. The lowest BCUT2D eigenvalue weighted by molar-refractivity contribution is -0.602. The highest BCUT2D eigenvalue weighted by atomic mass is 19.4. The summed E-state index contributed by atoms with van der Waals surface area (Å²) in [6.07, 6.45) is -2.40. The highest BCUT2D eigenvalue weighted by Crippen LogP contribution is 2.54. The summed E-state index contributed by atoms with van der Waals surface area (Å²) in [6.45, 7) is 2.01. The summed E-state index contributed by atoms with van der Waals surface area (Å²) in [5, 5.41) is 3.90. The molecule has 5 atom stereocenters. The molecule has 1 saturated heterocycles. The summed E-state index contributed by atoms with van der Waals surface area (Å²) in [4.78, 5) is 24.5. The van der Waals surface area contributed by atoms with Gasteiger partial charge in [0.2, 0.25) is 5.82 Å². The number of allylic oxidation sites excluding steroid dienone is 1. The van der Waals surface area contributed by atoms with Crippen molar-refractivity contribution in [1.29, 1.82) is 0 Å². The Morgan fingerprint density at radius 2 is 1.94 bits per heavy atom. The molecular weight excluding hydrogens is 453 g/mol. The number of hydrogen-bond donors (Lipinski definition) is 3. The van der Waals surface area contributed by atoms with Crippen LogP contribution in [0.2, 0.25) is 0 Å². The molecule has 2 heterocycles. The Bertz CT molecular complexity index is 1030. The Balaban J connectivity index is 2.04. The molecule has 1 aromatic carbocycles. The third-order valence-electron chi connectivity index (χ3n) is 6.12. The lowest BCUT2D eigenvalue weighted by Gasteiger charge is -2.32. The molecule has 2 aliphatic heterocycles. The van der Waals surface area contributed by atoms with Crippen LogP contribution in [0, 0.1) is 17.6 Å². The van der Waals surface area contributed by atoms with Gasteiger partial charge in [0, 0.05) is 35.2 Å². The van der Waals surface area contributed by atoms with E-state index < -0.39 is 65.0 Å². The van der Waals surface area contributed by atoms with Crippen molar-refractivity contribution < 1.29 is 46.3 Å². The van der Waals surface area contributed by atoms with Crippen molar-refractivity contribution in [1.82, 2.24) is 5.32 Å². The van der Waals surface area contributed by atoms with E-state index in [1.807, 2.05) is 0 Å². The van der Waals surface area contributed by atoms with Gasteiger partial charge in [-0.15, -0.1) is 0 Å². The Hall–Kier alpha value is -2.99. The Kier molecular flexibility index (Phi) is 6.53. The van der Waals surface area contributed by atoms with Gasteiger partial charge in [-0.05, 0) is 13.0 Å². The van der Waals surface area contributed by atoms with Crippen LogP contribution < -0.4 is 21.1 Å². The summed E-state index contributed by atoms with van der Waals surface area (Å²) < 4.78 is 80.1. The molecule has 0 aliphatic carbocycles. The molecule has 0 radical (unpaired) electrons. The molecule has 0 aromatic heterocycles. The normalized spacial score (nSPS) is 29.5. The van der Waals surface area contributed by atoms with Gasteiger partial charge in [0.1, 0.15) is 6.10 Å². The number of nitrogens with one attached hydrogen (secondary N) is 1. The molecule has 5 N–H and O–H groups in total. The van der Waals surface area contributed by atoms with Gasteiger partial charge in [-0.1, -0.05) is 13.0 Å². The molecule has 12 heteroatoms. The maximum absolute atomic E-state index is 14.4. The summed E-state index contributed by atoms with van der Waals surface area (Å²) in [7, 11) is 1.04. The number of methoxy groups -OCH3 is 1. The highest BCUT2D eigenvalue weighted by molar-refractivity contribution is 5.86. The number of quaternary nitrogens is 1. The van der Waals surface area contributed by atoms with Crippen LogP contribution in [0.1, 0.15) is 25.3 Å². The Morgan fingerprint density at radius 3 is 2.52 bits per heavy atom. The zero-order chi connectivity index (χ0) is 24.7. The van der Waals surface area contributed by atoms with Crippen molar-refractivity contribution in [2.75, 3.05) is 7.11 Å². The van der Waals surface area contributed by atoms with Crippen LogP contribution in [0.25, 0.3) is 0 Å². The predicted octanol–water partition coefficient (Wildman–Crippen LogP) is 1.36. The minimum absolute atomic E-state index is 0.124. The molecule has 2 aliphatic rings. The number of amides is 2. The molecule has 0 saturated carbocycles. The standard InChI is InChI=1S/C21H22F5N3O4/c1-9-14(11-4-5-12(22)15(23)16(11)32-3)17(33-20(9,2)21(24,25)26)19(31)29-10-6-7-28-13(8-10)18(27)30/h4-9,13-14,17,28H,1-3H3,(H2,27,30)(H,29,31)/p+1/t9-,13?,14?,17+,20+/m0/s1. The van der Waals surface area contributed by atoms with Gasteiger partial charge in [-0.3, -0.25) is 9.59 Å². The molecule has 2 amide bonds. The molecule has 1 aromatic rings. The fraction of sp³-hybridized carbons (Fsp3) is 0.429. The van der Waals surface area contributed by atoms with E-state index in [4.69, 9.17) is 15.2 Å². The molecule has 33 heavy (non-hydrogen) atoms. The average molecular weight is 476 g/mol. The summed E-state index contributed by atoms with van der Waals surface area (Å²) >= 11 is 0. The summed E-state index contributed by atoms with van der Waals surface area (Å²) in [5.74, 6) is -7.63. The molecule has 0 bridgehead atoms. The number of carbonyl (C=O) groups is 2. The van der Waals surface area contributed by atoms with Gasteiger partial charge in [0.15, 0.2) is 23.2 Å². The average Bonchev–Trinajstić information content (AvgIpc) is 3.02. The number of hydrogen-bond acceptors (Lipinski definition) is 4. The fourth-order valence-electron chi connectivity index (χ4n) is 4.10. The van der Waals surface area contributed by atoms with Gasteiger partial charge in [0.25, 0.3) is 11.8 Å². The van der Waals surface area contributed by atoms with Crippen LogP contribution in [0.4, 0.5) is 22.0 Å². The molecule has 3 rings (SSSR count). The zero-order valence-electron chi connectivity index (χ0n) is 17.9. The number of ether oxygens (including phenoxy) is 2. The third kappa shape index (κ3) is 4.32. The van der Waals surface area contributed by atoms with Crippen molar-refractivity contribution in [3.05, 3.63) is 53.4 Å². The first-order chi connectivity index (χ1) is 15.3. The predicted molar refractivity (Wildman–Crippen MR) is 104 cm³/mol. The van der Waals surface area contributed by atoms with Gasteiger partial charge in [-0.25, -0.2) is 4.39 Å². The number of carbonyl (C=O) groups excluding carboxylic acids is 2. The fourth-order valence-corrected chi connectivity index (χ4v) is 4.10. The topological polar surface area (TPSA) is 107 Å². The van der Waals surface area contributed by atoms with Crippen molar-refractivity contribution >= 4 is 11.8 Å². The van der Waals surface area contributed by atoms with E-state index in [2.05, 4.69) is 5.32 Å². The van der Waals surface area contributed by atoms with Gasteiger partial charge in [-0.2, -0.15) is 17.6 Å². The number of halogens is 5. The third-order valence-corrected chi connectivity index (χ3v) is 6.12. The number of rotatable bonds is 5. The SMILES string of the molecule is COc1c(C2[C@H](C(=O)NC3=CC(C(N)=O)[NH2+]C=C3)O[C@@](C)(C(F)(F)F)[C@H]2C)ccc(F)c1F. The van der Waals surface area contributed by atoms with Crippen LogP contribution in [0.3, 0.4) is 0 Å². The zero-order valence-corrected chi connectivity index (χ0v) is 17.9. The second kappa shape index (κ2) is 8.75. The van der Waals surface area contributed by atoms with E-state index in [-0.39, 0.29) is 11.3 Å². The smallest absolute Gasteiger partial charge is 0.417 e. The van der Waals surface area contributed by atoms with Crippen LogP contribution >= 0.6 is 0 Å². The quantitative estimate of drug-likeness (QED) is 0.558. The number of alkyl halides is 3. The van der Waals surface area contributed by atoms with Crippen molar-refractivity contribution in [3.8, 4) is 5.75 Å². The molecule has 7 nitrogen and oxygen atoms in total. The molecular formula is C21H23F5N3O4+. The van der Waals surface area contributed by atoms with Crippen molar-refractivity contribution in [2.45, 2.75) is 43.7 Å². The van der Waals surface area contributed by atoms with Crippen LogP contribution in [0.15, 0.2) is 36.2 Å². The van der Waals surface area contributed by atoms with Crippen molar-refractivity contribution in [2.24, 2.45) is 11.7 Å². The maximum Gasteiger partial charge on any atom is 0.417 e. The number of benzene rings is 1. The second-order valence-corrected chi connectivity index (χ2v) is 8.03. The summed E-state index contributed by atoms with van der Waals surface area (Å²) in [5.41, 5.74) is 2.46. The first-order valence-electron chi connectivity index (χ1n) is 9.91. The van der Waals surface area contributed by atoms with E-state index in [1.165, 1.54) is 30.6 Å². The lowest BCUT2D eigenvalue weighted by Crippen LogP contribution is -2.88. The highest BCUT2D eigenvalue weighted by Gasteiger charge is 2.66. The van der Waals surface area contributed by atoms with Gasteiger partial charge < -0.3 is 25.8 Å². The second-order valence-electron chi connectivity index (χ2n) is 8.03. The first-order valence-corrected chi connectivity index (χ1v) is 9.91. The molecule has 180 valence electrons.